The highest BCUT2D eigenvalue weighted by Gasteiger charge is 2.32. The summed E-state index contributed by atoms with van der Waals surface area (Å²) < 4.78 is 17.4. The fourth-order valence-corrected chi connectivity index (χ4v) is 3.61. The van der Waals surface area contributed by atoms with Crippen molar-refractivity contribution in [3.05, 3.63) is 46.2 Å². The molecule has 1 aromatic heterocycles. The number of nitrogens with zero attached hydrogens (tertiary/aromatic N) is 2. The molecule has 1 fully saturated rings. The van der Waals surface area contributed by atoms with Crippen molar-refractivity contribution in [3.63, 3.8) is 0 Å². The van der Waals surface area contributed by atoms with Gasteiger partial charge in [0.25, 0.3) is 5.91 Å². The number of halogens is 1. The van der Waals surface area contributed by atoms with Gasteiger partial charge >= 0.3 is 0 Å². The zero-order valence-electron chi connectivity index (χ0n) is 13.5. The predicted molar refractivity (Wildman–Crippen MR) is 90.8 cm³/mol. The van der Waals surface area contributed by atoms with E-state index < -0.39 is 6.04 Å². The highest BCUT2D eigenvalue weighted by atomic mass is 32.1. The minimum Gasteiger partial charge on any atom is -0.340 e. The largest absolute Gasteiger partial charge is 0.340 e. The molecule has 2 aromatic rings. The third-order valence-corrected chi connectivity index (χ3v) is 4.91. The summed E-state index contributed by atoms with van der Waals surface area (Å²) >= 11 is 1.22. The Morgan fingerprint density at radius 1 is 1.42 bits per heavy atom. The van der Waals surface area contributed by atoms with E-state index in [0.717, 1.165) is 6.42 Å². The molecular weight excluding hydrogens is 329 g/mol. The normalized spacial score (nSPS) is 17.9. The quantitative estimate of drug-likeness (QED) is 0.929. The first-order valence-electron chi connectivity index (χ1n) is 7.76. The number of hydrogen-bond acceptors (Lipinski definition) is 4. The van der Waals surface area contributed by atoms with Crippen molar-refractivity contribution in [1.82, 2.24) is 9.69 Å². The van der Waals surface area contributed by atoms with Gasteiger partial charge in [0.1, 0.15) is 11.9 Å². The topological polar surface area (TPSA) is 62.3 Å². The van der Waals surface area contributed by atoms with Gasteiger partial charge in [0, 0.05) is 17.6 Å². The van der Waals surface area contributed by atoms with E-state index in [1.165, 1.54) is 23.7 Å². The van der Waals surface area contributed by atoms with E-state index in [-0.39, 0.29) is 17.6 Å². The molecule has 0 bridgehead atoms. The van der Waals surface area contributed by atoms with Crippen molar-refractivity contribution in [1.29, 1.82) is 0 Å². The van der Waals surface area contributed by atoms with Crippen molar-refractivity contribution in [2.75, 3.05) is 11.4 Å². The number of carbonyl (C=O) groups excluding carboxylic acids is 2. The van der Waals surface area contributed by atoms with Crippen LogP contribution in [0, 0.1) is 19.7 Å². The second-order valence-electron chi connectivity index (χ2n) is 5.90. The number of piperidine rings is 1. The minimum atomic E-state index is -0.574. The third-order valence-electron chi connectivity index (χ3n) is 4.19. The molecule has 3 rings (SSSR count). The van der Waals surface area contributed by atoms with Crippen LogP contribution in [0.5, 0.6) is 0 Å². The van der Waals surface area contributed by atoms with Gasteiger partial charge in [-0.25, -0.2) is 4.39 Å². The van der Waals surface area contributed by atoms with Crippen LogP contribution in [0.2, 0.25) is 0 Å². The number of carbonyl (C=O) groups is 2. The fraction of sp³-hybridized carbons (Fsp3) is 0.353. The smallest absolute Gasteiger partial charge is 0.254 e. The number of anilines is 1. The maximum Gasteiger partial charge on any atom is 0.254 e. The average molecular weight is 347 g/mol. The molecule has 1 aliphatic rings. The van der Waals surface area contributed by atoms with Gasteiger partial charge in [0.15, 0.2) is 0 Å². The molecule has 1 atom stereocenters. The number of aromatic nitrogens is 1. The maximum atomic E-state index is 13.3. The van der Waals surface area contributed by atoms with E-state index in [4.69, 9.17) is 0 Å². The SMILES string of the molecule is Cc1cc(F)ccc1N1CCC[C@H](NC(=O)c2csnc2C)C1=O. The molecule has 24 heavy (non-hydrogen) atoms. The lowest BCUT2D eigenvalue weighted by molar-refractivity contribution is -0.121. The van der Waals surface area contributed by atoms with E-state index >= 15 is 0 Å². The van der Waals surface area contributed by atoms with Crippen molar-refractivity contribution in [3.8, 4) is 0 Å². The van der Waals surface area contributed by atoms with Gasteiger partial charge in [-0.15, -0.1) is 0 Å². The number of amides is 2. The molecule has 1 saturated heterocycles. The number of hydrogen-bond donors (Lipinski definition) is 1. The molecule has 126 valence electrons. The Morgan fingerprint density at radius 3 is 2.88 bits per heavy atom. The molecule has 0 spiro atoms. The predicted octanol–water partition coefficient (Wildman–Crippen LogP) is 2.82. The molecule has 2 amide bonds. The van der Waals surface area contributed by atoms with Gasteiger partial charge in [0.2, 0.25) is 5.91 Å². The van der Waals surface area contributed by atoms with E-state index in [2.05, 4.69) is 9.69 Å². The average Bonchev–Trinajstić information content (AvgIpc) is 2.96. The highest BCUT2D eigenvalue weighted by molar-refractivity contribution is 7.03. The van der Waals surface area contributed by atoms with Crippen molar-refractivity contribution in [2.45, 2.75) is 32.7 Å². The molecular formula is C17H18FN3O2S. The highest BCUT2D eigenvalue weighted by Crippen LogP contribution is 2.25. The van der Waals surface area contributed by atoms with E-state index in [1.807, 2.05) is 0 Å². The third kappa shape index (κ3) is 3.17. The van der Waals surface area contributed by atoms with E-state index in [1.54, 1.807) is 30.2 Å². The Bertz CT molecular complexity index is 790. The summed E-state index contributed by atoms with van der Waals surface area (Å²) in [7, 11) is 0. The van der Waals surface area contributed by atoms with E-state index in [9.17, 15) is 14.0 Å². The second-order valence-corrected chi connectivity index (χ2v) is 6.53. The molecule has 5 nitrogen and oxygen atoms in total. The fourth-order valence-electron chi connectivity index (χ4n) is 2.92. The number of rotatable bonds is 3. The first-order valence-corrected chi connectivity index (χ1v) is 8.60. The van der Waals surface area contributed by atoms with Gasteiger partial charge in [-0.05, 0) is 62.0 Å². The summed E-state index contributed by atoms with van der Waals surface area (Å²) in [4.78, 5) is 26.7. The van der Waals surface area contributed by atoms with Crippen LogP contribution >= 0.6 is 11.5 Å². The van der Waals surface area contributed by atoms with Gasteiger partial charge < -0.3 is 10.2 Å². The Kier molecular flexibility index (Phi) is 4.62. The number of nitrogens with one attached hydrogen (secondary N) is 1. The summed E-state index contributed by atoms with van der Waals surface area (Å²) in [5.74, 6) is -0.770. The summed E-state index contributed by atoms with van der Waals surface area (Å²) in [6.45, 7) is 4.10. The van der Waals surface area contributed by atoms with Crippen LogP contribution in [0.25, 0.3) is 0 Å². The second kappa shape index (κ2) is 6.68. The first-order chi connectivity index (χ1) is 11.5. The molecule has 7 heteroatoms. The molecule has 2 heterocycles. The molecule has 0 aliphatic carbocycles. The van der Waals surface area contributed by atoms with Crippen LogP contribution in [0.4, 0.5) is 10.1 Å². The Balaban J connectivity index is 1.78. The molecule has 0 radical (unpaired) electrons. The maximum absolute atomic E-state index is 13.3. The molecule has 1 aromatic carbocycles. The first kappa shape index (κ1) is 16.6. The zero-order valence-corrected chi connectivity index (χ0v) is 14.3. The Hall–Kier alpha value is -2.28. The summed E-state index contributed by atoms with van der Waals surface area (Å²) in [5, 5.41) is 4.49. The number of benzene rings is 1. The van der Waals surface area contributed by atoms with Gasteiger partial charge in [-0.2, -0.15) is 4.37 Å². The lowest BCUT2D eigenvalue weighted by Gasteiger charge is -2.33. The molecule has 0 unspecified atom stereocenters. The molecule has 1 aliphatic heterocycles. The van der Waals surface area contributed by atoms with Crippen molar-refractivity contribution in [2.24, 2.45) is 0 Å². The lowest BCUT2D eigenvalue weighted by atomic mass is 10.0. The molecule has 1 N–H and O–H groups in total. The van der Waals surface area contributed by atoms with Gasteiger partial charge in [-0.3, -0.25) is 9.59 Å². The van der Waals surface area contributed by atoms with Crippen LogP contribution in [-0.2, 0) is 4.79 Å². The minimum absolute atomic E-state index is 0.162. The monoisotopic (exact) mass is 347 g/mol. The van der Waals surface area contributed by atoms with Gasteiger partial charge in [0.05, 0.1) is 11.3 Å². The van der Waals surface area contributed by atoms with Crippen molar-refractivity contribution < 1.29 is 14.0 Å². The Labute approximate surface area is 143 Å². The number of aryl methyl sites for hydroxylation is 2. The van der Waals surface area contributed by atoms with Crippen LogP contribution in [0.1, 0.15) is 34.5 Å². The Morgan fingerprint density at radius 2 is 2.21 bits per heavy atom. The van der Waals surface area contributed by atoms with Crippen LogP contribution in [0.3, 0.4) is 0 Å². The zero-order chi connectivity index (χ0) is 17.3. The van der Waals surface area contributed by atoms with E-state index in [0.29, 0.717) is 35.5 Å². The summed E-state index contributed by atoms with van der Waals surface area (Å²) in [6, 6.07) is 3.79. The van der Waals surface area contributed by atoms with Crippen LogP contribution in [-0.4, -0.2) is 28.8 Å². The molecule has 0 saturated carbocycles. The lowest BCUT2D eigenvalue weighted by Crippen LogP contribution is -2.52. The van der Waals surface area contributed by atoms with Crippen LogP contribution in [0.15, 0.2) is 23.6 Å². The standard InChI is InChI=1S/C17H18FN3O2S/c1-10-8-12(18)5-6-15(10)21-7-3-4-14(17(21)23)19-16(22)13-9-24-20-11(13)2/h5-6,8-9,14H,3-4,7H2,1-2H3,(H,19,22)/t14-/m0/s1. The van der Waals surface area contributed by atoms with Crippen LogP contribution < -0.4 is 10.2 Å². The van der Waals surface area contributed by atoms with Gasteiger partial charge in [-0.1, -0.05) is 0 Å². The van der Waals surface area contributed by atoms with Crippen molar-refractivity contribution >= 4 is 29.0 Å². The summed E-state index contributed by atoms with van der Waals surface area (Å²) in [5.41, 5.74) is 2.55. The summed E-state index contributed by atoms with van der Waals surface area (Å²) in [6.07, 6.45) is 1.37.